The first-order valence-corrected chi connectivity index (χ1v) is 10.8. The van der Waals surface area contributed by atoms with Gasteiger partial charge in [0, 0.05) is 51.4 Å². The molecule has 144 valence electrons. The predicted molar refractivity (Wildman–Crippen MR) is 120 cm³/mol. The molecule has 4 rings (SSSR count). The minimum atomic E-state index is 0.0544. The van der Waals surface area contributed by atoms with Gasteiger partial charge in [0.2, 0.25) is 0 Å². The van der Waals surface area contributed by atoms with Gasteiger partial charge in [0.1, 0.15) is 0 Å². The molecule has 1 aromatic heterocycles. The third-order valence-electron chi connectivity index (χ3n) is 5.50. The molecule has 0 bridgehead atoms. The molecule has 1 aliphatic heterocycles. The molecule has 2 heterocycles. The molecule has 0 fully saturated rings. The number of H-pyrrole nitrogens is 1. The van der Waals surface area contributed by atoms with E-state index in [4.69, 9.17) is 0 Å². The monoisotopic (exact) mass is 436 g/mol. The number of rotatable bonds is 6. The summed E-state index contributed by atoms with van der Waals surface area (Å²) in [6.45, 7) is 5.54. The summed E-state index contributed by atoms with van der Waals surface area (Å²) in [5.74, 6) is 0.0544. The summed E-state index contributed by atoms with van der Waals surface area (Å²) in [7, 11) is 0. The number of hydrogen-bond acceptors (Lipinski definition) is 2. The van der Waals surface area contributed by atoms with Crippen LogP contribution in [0, 0.1) is 0 Å². The third-order valence-corrected chi connectivity index (χ3v) is 5.99. The third kappa shape index (κ3) is 3.98. The molecule has 0 atom stereocenters. The molecule has 0 unspecified atom stereocenters. The number of fused-ring (bicyclic) bond motifs is 1. The molecule has 1 aliphatic rings. The Hall–Kier alpha value is -2.17. The second-order valence-electron chi connectivity index (χ2n) is 7.44. The van der Waals surface area contributed by atoms with Crippen LogP contribution in [0.4, 0.5) is 0 Å². The number of unbranched alkanes of at least 4 members (excludes halogenated alkanes) is 1. The number of nitrogens with zero attached hydrogens (tertiary/aromatic N) is 1. The zero-order valence-electron chi connectivity index (χ0n) is 16.2. The first-order chi connectivity index (χ1) is 13.7. The number of carbonyl (C=O) groups excluding carboxylic acids is 1. The van der Waals surface area contributed by atoms with Crippen LogP contribution in [0.5, 0.6) is 0 Å². The highest BCUT2D eigenvalue weighted by Gasteiger charge is 2.17. The Balaban J connectivity index is 1.62. The molecule has 28 heavy (non-hydrogen) atoms. The molecule has 4 heteroatoms. The average molecular weight is 437 g/mol. The molecule has 3 aromatic rings. The quantitative estimate of drug-likeness (QED) is 0.477. The molecule has 0 spiro atoms. The second kappa shape index (κ2) is 8.46. The number of ketones is 1. The van der Waals surface area contributed by atoms with E-state index in [1.165, 1.54) is 30.5 Å². The Bertz CT molecular complexity index is 1030. The van der Waals surface area contributed by atoms with Crippen molar-refractivity contribution < 1.29 is 4.79 Å². The fourth-order valence-corrected chi connectivity index (χ4v) is 4.26. The molecular weight excluding hydrogens is 412 g/mol. The van der Waals surface area contributed by atoms with Crippen LogP contribution in [0.2, 0.25) is 0 Å². The van der Waals surface area contributed by atoms with Crippen LogP contribution in [0.1, 0.15) is 47.7 Å². The number of nitrogens with one attached hydrogen (secondary N) is 1. The summed E-state index contributed by atoms with van der Waals surface area (Å²) in [5.41, 5.74) is 5.12. The number of carbonyl (C=O) groups is 1. The summed E-state index contributed by atoms with van der Waals surface area (Å²) in [5, 5.41) is 1.13. The van der Waals surface area contributed by atoms with E-state index in [1.54, 1.807) is 0 Å². The Morgan fingerprint density at radius 3 is 2.79 bits per heavy atom. The topological polar surface area (TPSA) is 36.1 Å². The van der Waals surface area contributed by atoms with E-state index in [0.717, 1.165) is 40.4 Å². The number of aromatic nitrogens is 1. The molecule has 0 aliphatic carbocycles. The van der Waals surface area contributed by atoms with Gasteiger partial charge in [-0.05, 0) is 55.3 Å². The standard InChI is InChI=1S/C24H25BrN2O/c1-2-3-11-27-12-9-17(10-13-27)22-16-26-23-8-7-19(15-21(22)23)24(28)18-5-4-6-20(25)14-18/h4-9,14-16,26H,2-3,10-13H2,1H3. The van der Waals surface area contributed by atoms with Crippen molar-refractivity contribution in [2.24, 2.45) is 0 Å². The normalized spacial score (nSPS) is 15.0. The van der Waals surface area contributed by atoms with E-state index >= 15 is 0 Å². The van der Waals surface area contributed by atoms with Crippen molar-refractivity contribution in [3.05, 3.63) is 75.9 Å². The predicted octanol–water partition coefficient (Wildman–Crippen LogP) is 6.05. The lowest BCUT2D eigenvalue weighted by atomic mass is 9.96. The van der Waals surface area contributed by atoms with E-state index in [9.17, 15) is 4.79 Å². The van der Waals surface area contributed by atoms with Crippen LogP contribution in [0.25, 0.3) is 16.5 Å². The van der Waals surface area contributed by atoms with Gasteiger partial charge < -0.3 is 4.98 Å². The van der Waals surface area contributed by atoms with Gasteiger partial charge in [-0.2, -0.15) is 0 Å². The van der Waals surface area contributed by atoms with E-state index in [0.29, 0.717) is 5.56 Å². The summed E-state index contributed by atoms with van der Waals surface area (Å²) in [6.07, 6.45) is 8.00. The number of halogens is 1. The zero-order chi connectivity index (χ0) is 19.5. The van der Waals surface area contributed by atoms with Crippen LogP contribution >= 0.6 is 15.9 Å². The largest absolute Gasteiger partial charge is 0.361 e. The minimum Gasteiger partial charge on any atom is -0.361 e. The maximum atomic E-state index is 12.9. The highest BCUT2D eigenvalue weighted by Crippen LogP contribution is 2.30. The molecule has 0 amide bonds. The van der Waals surface area contributed by atoms with Gasteiger partial charge in [0.15, 0.2) is 5.78 Å². The Morgan fingerprint density at radius 2 is 2.04 bits per heavy atom. The molecule has 0 saturated heterocycles. The van der Waals surface area contributed by atoms with Gasteiger partial charge in [-0.1, -0.05) is 47.5 Å². The molecular formula is C24H25BrN2O. The van der Waals surface area contributed by atoms with Gasteiger partial charge in [0.05, 0.1) is 0 Å². The van der Waals surface area contributed by atoms with E-state index < -0.39 is 0 Å². The van der Waals surface area contributed by atoms with Gasteiger partial charge >= 0.3 is 0 Å². The fraction of sp³-hybridized carbons (Fsp3) is 0.292. The highest BCUT2D eigenvalue weighted by molar-refractivity contribution is 9.10. The molecule has 2 aromatic carbocycles. The Morgan fingerprint density at radius 1 is 1.18 bits per heavy atom. The van der Waals surface area contributed by atoms with Crippen molar-refractivity contribution in [2.45, 2.75) is 26.2 Å². The van der Waals surface area contributed by atoms with E-state index in [1.807, 2.05) is 42.5 Å². The SMILES string of the molecule is CCCCN1CC=C(c2c[nH]c3ccc(C(=O)c4cccc(Br)c4)cc23)CC1. The fourth-order valence-electron chi connectivity index (χ4n) is 3.86. The van der Waals surface area contributed by atoms with Crippen molar-refractivity contribution in [2.75, 3.05) is 19.6 Å². The first kappa shape index (κ1) is 19.2. The van der Waals surface area contributed by atoms with Gasteiger partial charge in [-0.25, -0.2) is 0 Å². The maximum Gasteiger partial charge on any atom is 0.193 e. The van der Waals surface area contributed by atoms with Crippen molar-refractivity contribution in [1.82, 2.24) is 9.88 Å². The summed E-state index contributed by atoms with van der Waals surface area (Å²) < 4.78 is 0.918. The Kier molecular flexibility index (Phi) is 5.79. The summed E-state index contributed by atoms with van der Waals surface area (Å²) >= 11 is 3.45. The van der Waals surface area contributed by atoms with Crippen LogP contribution in [0.3, 0.4) is 0 Å². The molecule has 0 saturated carbocycles. The second-order valence-corrected chi connectivity index (χ2v) is 8.35. The van der Waals surface area contributed by atoms with Gasteiger partial charge in [-0.3, -0.25) is 9.69 Å². The highest BCUT2D eigenvalue weighted by atomic mass is 79.9. The van der Waals surface area contributed by atoms with Crippen molar-refractivity contribution in [3.63, 3.8) is 0 Å². The zero-order valence-corrected chi connectivity index (χ0v) is 17.8. The van der Waals surface area contributed by atoms with Gasteiger partial charge in [-0.15, -0.1) is 0 Å². The van der Waals surface area contributed by atoms with E-state index in [2.05, 4.69) is 45.0 Å². The van der Waals surface area contributed by atoms with Crippen molar-refractivity contribution in [3.8, 4) is 0 Å². The number of benzene rings is 2. The average Bonchev–Trinajstić information content (AvgIpc) is 3.15. The Labute approximate surface area is 174 Å². The van der Waals surface area contributed by atoms with Crippen LogP contribution in [-0.2, 0) is 0 Å². The lowest BCUT2D eigenvalue weighted by molar-refractivity contribution is 0.103. The minimum absolute atomic E-state index is 0.0544. The smallest absolute Gasteiger partial charge is 0.193 e. The first-order valence-electron chi connectivity index (χ1n) is 9.99. The van der Waals surface area contributed by atoms with Crippen LogP contribution < -0.4 is 0 Å². The van der Waals surface area contributed by atoms with Crippen molar-refractivity contribution in [1.29, 1.82) is 0 Å². The molecule has 3 nitrogen and oxygen atoms in total. The van der Waals surface area contributed by atoms with E-state index in [-0.39, 0.29) is 5.78 Å². The molecule has 1 N–H and O–H groups in total. The number of hydrogen-bond donors (Lipinski definition) is 1. The lowest BCUT2D eigenvalue weighted by Gasteiger charge is -2.26. The summed E-state index contributed by atoms with van der Waals surface area (Å²) in [6, 6.07) is 13.5. The maximum absolute atomic E-state index is 12.9. The molecule has 0 radical (unpaired) electrons. The van der Waals surface area contributed by atoms with Crippen LogP contribution in [0.15, 0.2) is 59.2 Å². The lowest BCUT2D eigenvalue weighted by Crippen LogP contribution is -2.29. The van der Waals surface area contributed by atoms with Gasteiger partial charge in [0.25, 0.3) is 0 Å². The van der Waals surface area contributed by atoms with Crippen molar-refractivity contribution >= 4 is 38.2 Å². The van der Waals surface area contributed by atoms with Crippen LogP contribution in [-0.4, -0.2) is 35.3 Å². The summed E-state index contributed by atoms with van der Waals surface area (Å²) in [4.78, 5) is 18.8. The number of aromatic amines is 1.